The number of thiophene rings is 1. The molecule has 2 atom stereocenters. The molecule has 4 rings (SSSR count). The second kappa shape index (κ2) is 14.2. The Morgan fingerprint density at radius 1 is 1.09 bits per heavy atom. The summed E-state index contributed by atoms with van der Waals surface area (Å²) in [7, 11) is -7.49. The molecule has 0 amide bonds. The van der Waals surface area contributed by atoms with Crippen LogP contribution in [0.1, 0.15) is 37.3 Å². The summed E-state index contributed by atoms with van der Waals surface area (Å²) in [6.45, 7) is 3.64. The molecule has 0 fully saturated rings. The SMILES string of the molecule is COP(=O)(CNS(=O)(=O)c1cc2ccc(OCCCCCN3C=CC=CC3C)cc2s1)Oc1ccc(C#N)c(C(F)(F)F)c1. The zero-order valence-corrected chi connectivity index (χ0v) is 26.4. The number of halogens is 3. The van der Waals surface area contributed by atoms with Crippen molar-refractivity contribution in [2.45, 2.75) is 42.6 Å². The number of hydrogen-bond acceptors (Lipinski definition) is 9. The van der Waals surface area contributed by atoms with E-state index in [1.54, 1.807) is 18.2 Å². The normalized spacial score (nSPS) is 16.5. The molecule has 9 nitrogen and oxygen atoms in total. The van der Waals surface area contributed by atoms with E-state index in [1.807, 2.05) is 12.2 Å². The first kappa shape index (κ1) is 33.6. The van der Waals surface area contributed by atoms with Crippen LogP contribution in [0.4, 0.5) is 13.2 Å². The van der Waals surface area contributed by atoms with Gasteiger partial charge in [0.2, 0.25) is 0 Å². The molecule has 2 unspecified atom stereocenters. The monoisotopic (exact) mass is 669 g/mol. The predicted octanol–water partition coefficient (Wildman–Crippen LogP) is 7.27. The van der Waals surface area contributed by atoms with Gasteiger partial charge in [-0.15, -0.1) is 11.3 Å². The third kappa shape index (κ3) is 8.64. The summed E-state index contributed by atoms with van der Waals surface area (Å²) in [4.78, 5) is 2.29. The van der Waals surface area contributed by atoms with Crippen molar-refractivity contribution >= 4 is 39.0 Å². The lowest BCUT2D eigenvalue weighted by atomic mass is 10.1. The lowest BCUT2D eigenvalue weighted by Gasteiger charge is -2.27. The van der Waals surface area contributed by atoms with Crippen molar-refractivity contribution in [2.75, 3.05) is 26.5 Å². The summed E-state index contributed by atoms with van der Waals surface area (Å²) in [5, 5.41) is 9.61. The van der Waals surface area contributed by atoms with E-state index in [2.05, 4.69) is 28.8 Å². The van der Waals surface area contributed by atoms with Crippen molar-refractivity contribution in [3.05, 3.63) is 78.0 Å². The number of sulfonamides is 1. The van der Waals surface area contributed by atoms with E-state index in [-0.39, 0.29) is 4.21 Å². The van der Waals surface area contributed by atoms with Gasteiger partial charge in [-0.1, -0.05) is 12.2 Å². The number of nitriles is 1. The molecule has 0 radical (unpaired) electrons. The molecular weight excluding hydrogens is 638 g/mol. The summed E-state index contributed by atoms with van der Waals surface area (Å²) in [5.74, 6) is 0.105. The van der Waals surface area contributed by atoms with Crippen molar-refractivity contribution in [3.63, 3.8) is 0 Å². The first-order valence-electron chi connectivity index (χ1n) is 13.6. The number of rotatable bonds is 14. The highest BCUT2D eigenvalue weighted by molar-refractivity contribution is 7.92. The molecule has 2 heterocycles. The summed E-state index contributed by atoms with van der Waals surface area (Å²) in [6, 6.07) is 10.9. The second-order valence-corrected chi connectivity index (χ2v) is 15.0. The van der Waals surface area contributed by atoms with Crippen molar-refractivity contribution in [1.29, 1.82) is 5.26 Å². The Morgan fingerprint density at radius 3 is 2.57 bits per heavy atom. The average Bonchev–Trinajstić information content (AvgIpc) is 3.43. The van der Waals surface area contributed by atoms with Crippen LogP contribution in [0, 0.1) is 11.3 Å². The first-order chi connectivity index (χ1) is 20.8. The smallest absolute Gasteiger partial charge is 0.417 e. The number of hydrogen-bond donors (Lipinski definition) is 1. The maximum atomic E-state index is 13.3. The molecule has 0 bridgehead atoms. The van der Waals surface area contributed by atoms with Gasteiger partial charge in [-0.05, 0) is 86.3 Å². The average molecular weight is 670 g/mol. The van der Waals surface area contributed by atoms with Crippen LogP contribution in [0.15, 0.2) is 71.1 Å². The number of allylic oxidation sites excluding steroid dienone is 2. The minimum atomic E-state index is -4.86. The summed E-state index contributed by atoms with van der Waals surface area (Å²) in [6.07, 6.45) is 5.52. The molecular formula is C29H31F3N3O6PS2. The fourth-order valence-electron chi connectivity index (χ4n) is 4.32. The molecule has 236 valence electrons. The lowest BCUT2D eigenvalue weighted by molar-refractivity contribution is -0.137. The van der Waals surface area contributed by atoms with Crippen LogP contribution in [-0.2, 0) is 25.3 Å². The Bertz CT molecular complexity index is 1730. The minimum absolute atomic E-state index is 0.0686. The van der Waals surface area contributed by atoms with E-state index in [9.17, 15) is 26.2 Å². The molecule has 2 aromatic carbocycles. The van der Waals surface area contributed by atoms with Gasteiger partial charge in [0.15, 0.2) is 0 Å². The zero-order chi connectivity index (χ0) is 32.0. The maximum absolute atomic E-state index is 13.3. The van der Waals surface area contributed by atoms with Gasteiger partial charge >= 0.3 is 13.8 Å². The molecule has 3 aromatic rings. The zero-order valence-electron chi connectivity index (χ0n) is 23.9. The van der Waals surface area contributed by atoms with E-state index in [4.69, 9.17) is 19.0 Å². The van der Waals surface area contributed by atoms with Crippen molar-refractivity contribution in [3.8, 4) is 17.6 Å². The highest BCUT2D eigenvalue weighted by Crippen LogP contribution is 2.48. The van der Waals surface area contributed by atoms with E-state index >= 15 is 0 Å². The molecule has 0 aliphatic carbocycles. The molecule has 0 saturated carbocycles. The number of alkyl halides is 3. The van der Waals surface area contributed by atoms with Crippen LogP contribution in [-0.4, -0.2) is 45.9 Å². The number of nitrogens with one attached hydrogen (secondary N) is 1. The van der Waals surface area contributed by atoms with Gasteiger partial charge in [-0.25, -0.2) is 13.0 Å². The van der Waals surface area contributed by atoms with Gasteiger partial charge in [0.1, 0.15) is 22.0 Å². The Hall–Kier alpha value is -3.34. The van der Waals surface area contributed by atoms with Gasteiger partial charge < -0.3 is 18.7 Å². The maximum Gasteiger partial charge on any atom is 0.417 e. The molecule has 1 N–H and O–H groups in total. The quantitative estimate of drug-likeness (QED) is 0.141. The molecule has 0 saturated heterocycles. The lowest BCUT2D eigenvalue weighted by Crippen LogP contribution is -2.28. The Balaban J connectivity index is 1.33. The van der Waals surface area contributed by atoms with Gasteiger partial charge in [0, 0.05) is 24.4 Å². The van der Waals surface area contributed by atoms with Crippen LogP contribution in [0.2, 0.25) is 0 Å². The summed E-state index contributed by atoms with van der Waals surface area (Å²) < 4.78 is 97.7. The molecule has 0 spiro atoms. The molecule has 1 aromatic heterocycles. The summed E-state index contributed by atoms with van der Waals surface area (Å²) in [5.41, 5.74) is -1.93. The second-order valence-electron chi connectivity index (χ2n) is 9.89. The van der Waals surface area contributed by atoms with Crippen LogP contribution < -0.4 is 14.0 Å². The van der Waals surface area contributed by atoms with Crippen LogP contribution >= 0.6 is 18.9 Å². The van der Waals surface area contributed by atoms with Crippen LogP contribution in [0.5, 0.6) is 11.5 Å². The number of ether oxygens (including phenoxy) is 1. The van der Waals surface area contributed by atoms with Crippen molar-refractivity contribution < 1.29 is 39.9 Å². The van der Waals surface area contributed by atoms with Gasteiger partial charge in [-0.2, -0.15) is 23.2 Å². The largest absolute Gasteiger partial charge is 0.494 e. The Kier molecular flexibility index (Phi) is 10.8. The molecule has 15 heteroatoms. The number of fused-ring (bicyclic) bond motifs is 1. The molecule has 44 heavy (non-hydrogen) atoms. The number of benzene rings is 2. The van der Waals surface area contributed by atoms with E-state index in [0.29, 0.717) is 34.6 Å². The van der Waals surface area contributed by atoms with Crippen LogP contribution in [0.3, 0.4) is 0 Å². The minimum Gasteiger partial charge on any atom is -0.494 e. The van der Waals surface area contributed by atoms with Gasteiger partial charge in [0.05, 0.1) is 23.8 Å². The summed E-state index contributed by atoms with van der Waals surface area (Å²) >= 11 is 0.978. The van der Waals surface area contributed by atoms with E-state index in [0.717, 1.165) is 56.4 Å². The van der Waals surface area contributed by atoms with Gasteiger partial charge in [0.25, 0.3) is 10.0 Å². The Labute approximate surface area is 258 Å². The number of unbranched alkanes of at least 4 members (excludes halogenated alkanes) is 2. The van der Waals surface area contributed by atoms with E-state index < -0.39 is 47.0 Å². The highest BCUT2D eigenvalue weighted by atomic mass is 32.2. The van der Waals surface area contributed by atoms with Crippen LogP contribution in [0.25, 0.3) is 10.1 Å². The fourth-order valence-corrected chi connectivity index (χ4v) is 8.47. The first-order valence-corrected chi connectivity index (χ1v) is 17.6. The third-order valence-electron chi connectivity index (χ3n) is 6.75. The molecule has 1 aliphatic rings. The van der Waals surface area contributed by atoms with E-state index in [1.165, 1.54) is 12.1 Å². The predicted molar refractivity (Wildman–Crippen MR) is 162 cm³/mol. The van der Waals surface area contributed by atoms with Crippen molar-refractivity contribution in [1.82, 2.24) is 9.62 Å². The standard InChI is InChI=1S/C29H31F3N3O6PS2/c1-21-8-4-6-14-35(21)13-5-3-7-15-40-24-11-9-22-16-28(43-27(22)18-24)44(37,38)34-20-42(36,39-2)41-25-12-10-23(19-33)26(17-25)29(30,31)32/h4,6,8-12,14,16-18,21,34H,3,5,7,13,15,20H2,1-2H3. The number of nitrogens with zero attached hydrogens (tertiary/aromatic N) is 2. The third-order valence-corrected chi connectivity index (χ3v) is 11.5. The van der Waals surface area contributed by atoms with Crippen molar-refractivity contribution in [2.24, 2.45) is 0 Å². The van der Waals surface area contributed by atoms with Gasteiger partial charge in [-0.3, -0.25) is 0 Å². The topological polar surface area (TPSA) is 118 Å². The molecule has 1 aliphatic heterocycles. The highest BCUT2D eigenvalue weighted by Gasteiger charge is 2.35. The Morgan fingerprint density at radius 2 is 1.86 bits per heavy atom. The fraction of sp³-hybridized carbons (Fsp3) is 0.345.